The molecule has 5 rings (SSSR count). The van der Waals surface area contributed by atoms with Gasteiger partial charge in [-0.25, -0.2) is 15.0 Å². The highest BCUT2D eigenvalue weighted by Gasteiger charge is 2.27. The number of fused-ring (bicyclic) bond motifs is 1. The molecule has 27 heavy (non-hydrogen) atoms. The lowest BCUT2D eigenvalue weighted by Gasteiger charge is -2.33. The summed E-state index contributed by atoms with van der Waals surface area (Å²) in [5.41, 5.74) is 10.3. The normalized spacial score (nSPS) is 17.6. The van der Waals surface area contributed by atoms with Crippen LogP contribution in [0.5, 0.6) is 0 Å². The number of H-pyrrole nitrogens is 1. The van der Waals surface area contributed by atoms with Gasteiger partial charge in [0.05, 0.1) is 24.1 Å². The lowest BCUT2D eigenvalue weighted by atomic mass is 9.97. The van der Waals surface area contributed by atoms with E-state index in [1.807, 2.05) is 17.9 Å². The Bertz CT molecular complexity index is 1050. The number of anilines is 2. The van der Waals surface area contributed by atoms with Crippen molar-refractivity contribution in [3.8, 4) is 0 Å². The van der Waals surface area contributed by atoms with Crippen LogP contribution in [0.3, 0.4) is 0 Å². The van der Waals surface area contributed by atoms with Gasteiger partial charge in [0.1, 0.15) is 11.3 Å². The third-order valence-electron chi connectivity index (χ3n) is 4.93. The summed E-state index contributed by atoms with van der Waals surface area (Å²) < 4.78 is 2.20. The molecule has 1 saturated heterocycles. The van der Waals surface area contributed by atoms with Crippen LogP contribution in [0.1, 0.15) is 30.3 Å². The van der Waals surface area contributed by atoms with Gasteiger partial charge in [-0.2, -0.15) is 9.97 Å². The largest absolute Gasteiger partial charge is 0.368 e. The quantitative estimate of drug-likeness (QED) is 0.556. The number of hydrogen-bond donors (Lipinski definition) is 2. The number of piperidine rings is 1. The van der Waals surface area contributed by atoms with E-state index in [1.165, 1.54) is 0 Å². The van der Waals surface area contributed by atoms with Crippen molar-refractivity contribution < 1.29 is 0 Å². The summed E-state index contributed by atoms with van der Waals surface area (Å²) in [5, 5.41) is 2.08. The summed E-state index contributed by atoms with van der Waals surface area (Å²) in [6.45, 7) is 2.51. The number of thiazole rings is 1. The Morgan fingerprint density at radius 2 is 2.22 bits per heavy atom. The lowest BCUT2D eigenvalue weighted by molar-refractivity contribution is 0.474. The average molecular weight is 381 g/mol. The Balaban J connectivity index is 1.43. The highest BCUT2D eigenvalue weighted by Crippen LogP contribution is 2.31. The first-order valence-corrected chi connectivity index (χ1v) is 9.82. The molecule has 10 heteroatoms. The van der Waals surface area contributed by atoms with E-state index < -0.39 is 0 Å². The van der Waals surface area contributed by atoms with Gasteiger partial charge in [0.15, 0.2) is 11.5 Å². The fourth-order valence-electron chi connectivity index (χ4n) is 3.75. The van der Waals surface area contributed by atoms with Crippen molar-refractivity contribution in [1.29, 1.82) is 0 Å². The van der Waals surface area contributed by atoms with Crippen molar-refractivity contribution in [2.45, 2.75) is 25.3 Å². The molecule has 0 amide bonds. The van der Waals surface area contributed by atoms with E-state index in [0.717, 1.165) is 55.3 Å². The Morgan fingerprint density at radius 3 is 3.11 bits per heavy atom. The number of aromatic nitrogens is 7. The SMILES string of the molecule is Nc1nc(N2CCCC(c3nccn3Cc3cscn3)C2)c2[nH]cnc2n1. The average Bonchev–Trinajstić information content (AvgIpc) is 3.43. The van der Waals surface area contributed by atoms with Crippen LogP contribution in [-0.2, 0) is 6.54 Å². The minimum Gasteiger partial charge on any atom is -0.368 e. The number of aromatic amines is 1. The second kappa shape index (κ2) is 6.62. The number of nitrogens with zero attached hydrogens (tertiary/aromatic N) is 7. The molecule has 138 valence electrons. The van der Waals surface area contributed by atoms with Crippen molar-refractivity contribution in [2.24, 2.45) is 0 Å². The van der Waals surface area contributed by atoms with Gasteiger partial charge in [-0.1, -0.05) is 0 Å². The van der Waals surface area contributed by atoms with Crippen LogP contribution in [0.4, 0.5) is 11.8 Å². The Kier molecular flexibility index (Phi) is 3.97. The van der Waals surface area contributed by atoms with Crippen LogP contribution in [0.2, 0.25) is 0 Å². The zero-order valence-corrected chi connectivity index (χ0v) is 15.4. The van der Waals surface area contributed by atoms with E-state index in [9.17, 15) is 0 Å². The molecule has 0 saturated carbocycles. The summed E-state index contributed by atoms with van der Waals surface area (Å²) >= 11 is 1.62. The highest BCUT2D eigenvalue weighted by molar-refractivity contribution is 7.07. The Labute approximate surface area is 159 Å². The second-order valence-corrected chi connectivity index (χ2v) is 7.40. The molecular weight excluding hydrogens is 362 g/mol. The van der Waals surface area contributed by atoms with Gasteiger partial charge in [0.25, 0.3) is 0 Å². The minimum absolute atomic E-state index is 0.247. The van der Waals surface area contributed by atoms with Gasteiger partial charge in [-0.3, -0.25) is 0 Å². The number of nitrogens with two attached hydrogens (primary N) is 1. The molecule has 1 fully saturated rings. The molecule has 1 aliphatic heterocycles. The topological polar surface area (TPSA) is 114 Å². The maximum absolute atomic E-state index is 5.89. The number of imidazole rings is 2. The molecule has 4 aromatic heterocycles. The third kappa shape index (κ3) is 3.01. The van der Waals surface area contributed by atoms with Crippen molar-refractivity contribution in [1.82, 2.24) is 34.5 Å². The smallest absolute Gasteiger partial charge is 0.224 e. The molecule has 0 aromatic carbocycles. The molecule has 1 aliphatic rings. The van der Waals surface area contributed by atoms with Crippen LogP contribution in [0.25, 0.3) is 11.2 Å². The van der Waals surface area contributed by atoms with E-state index >= 15 is 0 Å². The van der Waals surface area contributed by atoms with Gasteiger partial charge in [-0.05, 0) is 12.8 Å². The predicted molar refractivity (Wildman–Crippen MR) is 104 cm³/mol. The predicted octanol–water partition coefficient (Wildman–Crippen LogP) is 2.02. The molecule has 0 spiro atoms. The molecule has 5 heterocycles. The van der Waals surface area contributed by atoms with E-state index in [-0.39, 0.29) is 5.95 Å². The first-order valence-electron chi connectivity index (χ1n) is 8.87. The number of nitrogen functional groups attached to an aromatic ring is 1. The molecular formula is C17H19N9S. The van der Waals surface area contributed by atoms with E-state index in [1.54, 1.807) is 17.7 Å². The Hall–Kier alpha value is -3.01. The second-order valence-electron chi connectivity index (χ2n) is 6.68. The molecule has 1 unspecified atom stereocenters. The Morgan fingerprint density at radius 1 is 1.26 bits per heavy atom. The minimum atomic E-state index is 0.247. The van der Waals surface area contributed by atoms with Crippen LogP contribution in [0.15, 0.2) is 29.6 Å². The van der Waals surface area contributed by atoms with Crippen LogP contribution >= 0.6 is 11.3 Å². The summed E-state index contributed by atoms with van der Waals surface area (Å²) in [7, 11) is 0. The molecule has 0 radical (unpaired) electrons. The van der Waals surface area contributed by atoms with E-state index in [0.29, 0.717) is 11.6 Å². The van der Waals surface area contributed by atoms with Gasteiger partial charge in [-0.15, -0.1) is 11.3 Å². The van der Waals surface area contributed by atoms with Crippen molar-refractivity contribution in [3.63, 3.8) is 0 Å². The fourth-order valence-corrected chi connectivity index (χ4v) is 4.30. The van der Waals surface area contributed by atoms with Crippen molar-refractivity contribution in [3.05, 3.63) is 41.1 Å². The molecule has 0 bridgehead atoms. The number of hydrogen-bond acceptors (Lipinski definition) is 8. The summed E-state index contributed by atoms with van der Waals surface area (Å²) in [6.07, 6.45) is 7.69. The number of nitrogens with one attached hydrogen (secondary N) is 1. The van der Waals surface area contributed by atoms with Gasteiger partial charge in [0, 0.05) is 36.8 Å². The molecule has 4 aromatic rings. The lowest BCUT2D eigenvalue weighted by Crippen LogP contribution is -2.36. The number of rotatable bonds is 4. The zero-order chi connectivity index (χ0) is 18.2. The molecule has 3 N–H and O–H groups in total. The summed E-state index contributed by atoms with van der Waals surface area (Å²) in [4.78, 5) is 27.3. The fraction of sp³-hybridized carbons (Fsp3) is 0.353. The molecule has 9 nitrogen and oxygen atoms in total. The van der Waals surface area contributed by atoms with Gasteiger partial charge >= 0.3 is 0 Å². The van der Waals surface area contributed by atoms with Gasteiger partial charge < -0.3 is 20.2 Å². The summed E-state index contributed by atoms with van der Waals surface area (Å²) in [5.74, 6) is 2.48. The molecule has 1 atom stereocenters. The van der Waals surface area contributed by atoms with Crippen LogP contribution in [-0.4, -0.2) is 47.6 Å². The zero-order valence-electron chi connectivity index (χ0n) is 14.6. The van der Waals surface area contributed by atoms with Crippen molar-refractivity contribution >= 4 is 34.3 Å². The first kappa shape index (κ1) is 16.2. The standard InChI is InChI=1S/C17H19N9S/c18-17-23-14-13(20-9-21-14)16(24-17)25-4-1-2-11(6-25)15-19-3-5-26(15)7-12-8-27-10-22-12/h3,5,8-11H,1-2,4,6-7H2,(H3,18,20,21,23,24). The monoisotopic (exact) mass is 381 g/mol. The summed E-state index contributed by atoms with van der Waals surface area (Å²) in [6, 6.07) is 0. The highest BCUT2D eigenvalue weighted by atomic mass is 32.1. The van der Waals surface area contributed by atoms with Crippen LogP contribution < -0.4 is 10.6 Å². The first-order chi connectivity index (χ1) is 13.3. The van der Waals surface area contributed by atoms with Gasteiger partial charge in [0.2, 0.25) is 5.95 Å². The third-order valence-corrected chi connectivity index (χ3v) is 5.57. The molecule has 0 aliphatic carbocycles. The maximum atomic E-state index is 5.89. The maximum Gasteiger partial charge on any atom is 0.224 e. The van der Waals surface area contributed by atoms with E-state index in [2.05, 4.69) is 44.8 Å². The van der Waals surface area contributed by atoms with Crippen molar-refractivity contribution in [2.75, 3.05) is 23.7 Å². The van der Waals surface area contributed by atoms with Crippen LogP contribution in [0, 0.1) is 0 Å². The van der Waals surface area contributed by atoms with E-state index in [4.69, 9.17) is 5.73 Å².